The van der Waals surface area contributed by atoms with Gasteiger partial charge in [0.2, 0.25) is 5.78 Å². The van der Waals surface area contributed by atoms with Crippen molar-refractivity contribution in [3.8, 4) is 0 Å². The number of carbonyl (C=O) groups is 1. The second kappa shape index (κ2) is 5.16. The number of hydrogen-bond acceptors (Lipinski definition) is 5. The van der Waals surface area contributed by atoms with Crippen LogP contribution in [0.4, 0.5) is 0 Å². The molecule has 0 saturated heterocycles. The number of rotatable bonds is 4. The fraction of sp³-hybridized carbons (Fsp3) is 0.214. The first-order chi connectivity index (χ1) is 9.81. The summed E-state index contributed by atoms with van der Waals surface area (Å²) >= 11 is 0. The van der Waals surface area contributed by atoms with Crippen LogP contribution in [0.1, 0.15) is 29.4 Å². The molecule has 20 heavy (non-hydrogen) atoms. The van der Waals surface area contributed by atoms with E-state index in [9.17, 15) is 4.79 Å². The maximum Gasteiger partial charge on any atom is 0.214 e. The number of hydrogen-bond donors (Lipinski definition) is 0. The summed E-state index contributed by atoms with van der Waals surface area (Å²) in [7, 11) is 0. The second-order valence-electron chi connectivity index (χ2n) is 4.40. The Morgan fingerprint density at radius 3 is 2.95 bits per heavy atom. The van der Waals surface area contributed by atoms with Crippen LogP contribution < -0.4 is 0 Å². The number of para-hydroxylation sites is 1. The number of fused-ring (bicyclic) bond motifs is 1. The predicted molar refractivity (Wildman–Crippen MR) is 73.3 cm³/mol. The van der Waals surface area contributed by atoms with Crippen molar-refractivity contribution in [3.63, 3.8) is 0 Å². The molecule has 0 aliphatic rings. The van der Waals surface area contributed by atoms with Gasteiger partial charge in [-0.25, -0.2) is 4.68 Å². The van der Waals surface area contributed by atoms with Crippen LogP contribution in [0.3, 0.4) is 0 Å². The number of nitrogens with zero attached hydrogens (tertiary/aromatic N) is 5. The molecule has 1 aromatic carbocycles. The highest BCUT2D eigenvalue weighted by Crippen LogP contribution is 2.17. The van der Waals surface area contributed by atoms with E-state index in [2.05, 4.69) is 20.3 Å². The highest BCUT2D eigenvalue weighted by molar-refractivity contribution is 6.14. The molecule has 2 aromatic heterocycles. The third kappa shape index (κ3) is 2.05. The lowest BCUT2D eigenvalue weighted by atomic mass is 10.1. The molecule has 0 aliphatic heterocycles. The summed E-state index contributed by atoms with van der Waals surface area (Å²) in [6.07, 6.45) is 5.58. The molecule has 0 aliphatic carbocycles. The summed E-state index contributed by atoms with van der Waals surface area (Å²) in [6, 6.07) is 5.39. The van der Waals surface area contributed by atoms with Gasteiger partial charge in [0.15, 0.2) is 0 Å². The van der Waals surface area contributed by atoms with Gasteiger partial charge >= 0.3 is 0 Å². The lowest BCUT2D eigenvalue weighted by Crippen LogP contribution is -2.12. The average molecular weight is 267 g/mol. The van der Waals surface area contributed by atoms with Crippen molar-refractivity contribution in [2.24, 2.45) is 0 Å². The monoisotopic (exact) mass is 267 g/mol. The zero-order valence-corrected chi connectivity index (χ0v) is 11.0. The molecular formula is C14H13N5O. The van der Waals surface area contributed by atoms with Crippen molar-refractivity contribution >= 4 is 16.8 Å². The average Bonchev–Trinajstić information content (AvgIpc) is 2.94. The quantitative estimate of drug-likeness (QED) is 0.674. The first-order valence-corrected chi connectivity index (χ1v) is 6.44. The predicted octanol–water partition coefficient (Wildman–Crippen LogP) is 1.86. The van der Waals surface area contributed by atoms with E-state index in [1.54, 1.807) is 29.2 Å². The van der Waals surface area contributed by atoms with E-state index in [1.807, 2.05) is 13.0 Å². The van der Waals surface area contributed by atoms with E-state index in [0.717, 1.165) is 6.42 Å². The smallest absolute Gasteiger partial charge is 0.214 e. The second-order valence-corrected chi connectivity index (χ2v) is 4.40. The van der Waals surface area contributed by atoms with Crippen molar-refractivity contribution in [1.82, 2.24) is 25.0 Å². The molecule has 3 aromatic rings. The maximum absolute atomic E-state index is 12.6. The highest BCUT2D eigenvalue weighted by atomic mass is 16.1. The summed E-state index contributed by atoms with van der Waals surface area (Å²) in [5, 5.41) is 7.77. The normalized spacial score (nSPS) is 10.8. The lowest BCUT2D eigenvalue weighted by molar-refractivity contribution is 0.103. The van der Waals surface area contributed by atoms with Crippen LogP contribution in [0.25, 0.3) is 11.0 Å². The van der Waals surface area contributed by atoms with Gasteiger partial charge in [0.25, 0.3) is 0 Å². The van der Waals surface area contributed by atoms with Crippen molar-refractivity contribution < 1.29 is 4.79 Å². The van der Waals surface area contributed by atoms with Crippen LogP contribution in [-0.4, -0.2) is 30.7 Å². The molecule has 0 radical (unpaired) electrons. The Kier molecular flexibility index (Phi) is 3.20. The molecule has 6 nitrogen and oxygen atoms in total. The Balaban J connectivity index is 2.11. The first kappa shape index (κ1) is 12.4. The minimum atomic E-state index is -0.130. The molecule has 2 heterocycles. The minimum absolute atomic E-state index is 0.130. The SMILES string of the molecule is CCCn1nncc1C(=O)c1cccc2nccnc12. The first-order valence-electron chi connectivity index (χ1n) is 6.44. The van der Waals surface area contributed by atoms with E-state index in [0.29, 0.717) is 28.8 Å². The van der Waals surface area contributed by atoms with Gasteiger partial charge in [0, 0.05) is 18.9 Å². The van der Waals surface area contributed by atoms with E-state index < -0.39 is 0 Å². The van der Waals surface area contributed by atoms with Gasteiger partial charge in [-0.15, -0.1) is 5.10 Å². The van der Waals surface area contributed by atoms with E-state index in [1.165, 1.54) is 6.20 Å². The summed E-state index contributed by atoms with van der Waals surface area (Å²) in [6.45, 7) is 2.69. The van der Waals surface area contributed by atoms with E-state index in [4.69, 9.17) is 0 Å². The van der Waals surface area contributed by atoms with E-state index >= 15 is 0 Å². The molecular weight excluding hydrogens is 254 g/mol. The number of benzene rings is 1. The van der Waals surface area contributed by atoms with Crippen LogP contribution in [-0.2, 0) is 6.54 Å². The molecule has 0 N–H and O–H groups in total. The maximum atomic E-state index is 12.6. The third-order valence-electron chi connectivity index (χ3n) is 3.03. The molecule has 3 rings (SSSR count). The van der Waals surface area contributed by atoms with Gasteiger partial charge in [-0.1, -0.05) is 18.2 Å². The summed E-state index contributed by atoms with van der Waals surface area (Å²) in [5.74, 6) is -0.130. The fourth-order valence-electron chi connectivity index (χ4n) is 2.12. The Bertz CT molecular complexity index is 760. The third-order valence-corrected chi connectivity index (χ3v) is 3.03. The molecule has 0 fully saturated rings. The van der Waals surface area contributed by atoms with Crippen molar-refractivity contribution in [2.75, 3.05) is 0 Å². The molecule has 0 atom stereocenters. The number of aryl methyl sites for hydroxylation is 1. The molecule has 0 spiro atoms. The van der Waals surface area contributed by atoms with E-state index in [-0.39, 0.29) is 5.78 Å². The van der Waals surface area contributed by atoms with Crippen molar-refractivity contribution in [2.45, 2.75) is 19.9 Å². The van der Waals surface area contributed by atoms with Crippen molar-refractivity contribution in [3.05, 3.63) is 48.0 Å². The van der Waals surface area contributed by atoms with Gasteiger partial charge in [0.1, 0.15) is 5.69 Å². The zero-order valence-electron chi connectivity index (χ0n) is 11.0. The fourth-order valence-corrected chi connectivity index (χ4v) is 2.12. The van der Waals surface area contributed by atoms with Crippen molar-refractivity contribution in [1.29, 1.82) is 0 Å². The van der Waals surface area contributed by atoms with Gasteiger partial charge < -0.3 is 0 Å². The molecule has 100 valence electrons. The number of carbonyl (C=O) groups excluding carboxylic acids is 1. The number of ketones is 1. The summed E-state index contributed by atoms with van der Waals surface area (Å²) in [5.41, 5.74) is 2.30. The van der Waals surface area contributed by atoms with Gasteiger partial charge in [-0.2, -0.15) is 0 Å². The van der Waals surface area contributed by atoms with Crippen LogP contribution in [0.2, 0.25) is 0 Å². The van der Waals surface area contributed by atoms with Crippen LogP contribution in [0, 0.1) is 0 Å². The molecule has 0 amide bonds. The zero-order chi connectivity index (χ0) is 13.9. The summed E-state index contributed by atoms with van der Waals surface area (Å²) in [4.78, 5) is 21.1. The molecule has 0 saturated carbocycles. The Labute approximate surface area is 115 Å². The Morgan fingerprint density at radius 2 is 2.10 bits per heavy atom. The Morgan fingerprint density at radius 1 is 1.25 bits per heavy atom. The minimum Gasteiger partial charge on any atom is -0.287 e. The molecule has 0 bridgehead atoms. The van der Waals surface area contributed by atoms with Gasteiger partial charge in [-0.05, 0) is 18.6 Å². The topological polar surface area (TPSA) is 73.6 Å². The molecule has 6 heteroatoms. The lowest BCUT2D eigenvalue weighted by Gasteiger charge is -2.05. The van der Waals surface area contributed by atoms with Crippen LogP contribution in [0.15, 0.2) is 36.8 Å². The summed E-state index contributed by atoms with van der Waals surface area (Å²) < 4.78 is 1.62. The Hall–Kier alpha value is -2.63. The van der Waals surface area contributed by atoms with Crippen LogP contribution >= 0.6 is 0 Å². The van der Waals surface area contributed by atoms with Crippen LogP contribution in [0.5, 0.6) is 0 Å². The standard InChI is InChI=1S/C14H13N5O/c1-2-8-19-12(9-17-18-19)14(20)10-4-3-5-11-13(10)16-7-6-15-11/h3-7,9H,2,8H2,1H3. The largest absolute Gasteiger partial charge is 0.287 e. The number of aromatic nitrogens is 5. The van der Waals surface area contributed by atoms with Gasteiger partial charge in [0.05, 0.1) is 22.8 Å². The van der Waals surface area contributed by atoms with Gasteiger partial charge in [-0.3, -0.25) is 14.8 Å². The highest BCUT2D eigenvalue weighted by Gasteiger charge is 2.18. The molecule has 0 unspecified atom stereocenters.